The van der Waals surface area contributed by atoms with E-state index in [2.05, 4.69) is 25.9 Å². The van der Waals surface area contributed by atoms with Crippen molar-refractivity contribution in [2.75, 3.05) is 43.8 Å². The van der Waals surface area contributed by atoms with Crippen LogP contribution in [0.15, 0.2) is 42.5 Å². The van der Waals surface area contributed by atoms with Crippen LogP contribution in [-0.2, 0) is 0 Å². The van der Waals surface area contributed by atoms with Gasteiger partial charge < -0.3 is 30.2 Å². The van der Waals surface area contributed by atoms with E-state index in [1.165, 1.54) is 21.3 Å². The van der Waals surface area contributed by atoms with E-state index in [1.54, 1.807) is 24.3 Å². The van der Waals surface area contributed by atoms with Crippen LogP contribution in [-0.4, -0.2) is 43.7 Å². The summed E-state index contributed by atoms with van der Waals surface area (Å²) in [6.07, 6.45) is 0. The summed E-state index contributed by atoms with van der Waals surface area (Å²) in [6, 6.07) is 12.4. The number of nitrogens with one attached hydrogen (secondary N) is 3. The molecule has 0 spiro atoms. The molecule has 1 aromatic heterocycles. The van der Waals surface area contributed by atoms with Gasteiger partial charge in [-0.25, -0.2) is 9.97 Å². The first-order chi connectivity index (χ1) is 15.5. The molecular weight excluding hydrogens is 410 g/mol. The Kier molecular flexibility index (Phi) is 7.33. The van der Waals surface area contributed by atoms with Crippen molar-refractivity contribution < 1.29 is 19.0 Å². The number of carbonyl (C=O) groups excluding carboxylic acids is 1. The predicted octanol–water partition coefficient (Wildman–Crippen LogP) is 4.24. The summed E-state index contributed by atoms with van der Waals surface area (Å²) in [5.41, 5.74) is 1.85. The average Bonchev–Trinajstić information content (AvgIpc) is 2.79. The third kappa shape index (κ3) is 5.37. The van der Waals surface area contributed by atoms with E-state index >= 15 is 0 Å². The molecule has 1 amide bonds. The molecule has 32 heavy (non-hydrogen) atoms. The van der Waals surface area contributed by atoms with E-state index in [0.717, 1.165) is 18.1 Å². The normalized spacial score (nSPS) is 10.3. The molecule has 3 rings (SSSR count). The van der Waals surface area contributed by atoms with Gasteiger partial charge in [-0.2, -0.15) is 0 Å². The number of hydrogen-bond acceptors (Lipinski definition) is 8. The summed E-state index contributed by atoms with van der Waals surface area (Å²) in [7, 11) is 4.52. The van der Waals surface area contributed by atoms with E-state index in [0.29, 0.717) is 40.1 Å². The van der Waals surface area contributed by atoms with Crippen molar-refractivity contribution in [3.8, 4) is 17.2 Å². The van der Waals surface area contributed by atoms with Crippen molar-refractivity contribution in [2.45, 2.75) is 13.8 Å². The van der Waals surface area contributed by atoms with Crippen LogP contribution in [0.3, 0.4) is 0 Å². The molecule has 0 aliphatic heterocycles. The Labute approximate surface area is 187 Å². The monoisotopic (exact) mass is 437 g/mol. The molecule has 0 saturated carbocycles. The largest absolute Gasteiger partial charge is 0.493 e. The highest BCUT2D eigenvalue weighted by molar-refractivity contribution is 6.05. The quantitative estimate of drug-likeness (QED) is 0.456. The number of methoxy groups -OCH3 is 3. The predicted molar refractivity (Wildman–Crippen MR) is 125 cm³/mol. The van der Waals surface area contributed by atoms with Gasteiger partial charge in [-0.1, -0.05) is 0 Å². The van der Waals surface area contributed by atoms with E-state index < -0.39 is 0 Å². The third-order valence-corrected chi connectivity index (χ3v) is 4.54. The van der Waals surface area contributed by atoms with Gasteiger partial charge in [0, 0.05) is 29.5 Å². The molecule has 2 aromatic carbocycles. The highest BCUT2D eigenvalue weighted by atomic mass is 16.5. The smallest absolute Gasteiger partial charge is 0.255 e. The molecule has 168 valence electrons. The summed E-state index contributed by atoms with van der Waals surface area (Å²) in [5, 5.41) is 9.30. The van der Waals surface area contributed by atoms with Crippen LogP contribution in [0.2, 0.25) is 0 Å². The summed E-state index contributed by atoms with van der Waals surface area (Å²) in [4.78, 5) is 21.5. The Morgan fingerprint density at radius 2 is 1.47 bits per heavy atom. The fourth-order valence-corrected chi connectivity index (χ4v) is 3.10. The average molecular weight is 438 g/mol. The number of ether oxygens (including phenoxy) is 3. The van der Waals surface area contributed by atoms with Gasteiger partial charge in [-0.05, 0) is 50.2 Å². The fourth-order valence-electron chi connectivity index (χ4n) is 3.10. The Morgan fingerprint density at radius 1 is 0.875 bits per heavy atom. The van der Waals surface area contributed by atoms with Gasteiger partial charge in [0.05, 0.1) is 21.3 Å². The number of benzene rings is 2. The fraction of sp³-hybridized carbons (Fsp3) is 0.261. The first-order valence-electron chi connectivity index (χ1n) is 10.0. The summed E-state index contributed by atoms with van der Waals surface area (Å²) >= 11 is 0. The molecule has 0 atom stereocenters. The van der Waals surface area contributed by atoms with Crippen LogP contribution >= 0.6 is 0 Å². The van der Waals surface area contributed by atoms with Crippen molar-refractivity contribution in [1.29, 1.82) is 0 Å². The molecule has 0 saturated heterocycles. The van der Waals surface area contributed by atoms with E-state index in [4.69, 9.17) is 14.2 Å². The first kappa shape index (κ1) is 22.7. The summed E-state index contributed by atoms with van der Waals surface area (Å²) < 4.78 is 15.9. The molecule has 9 nitrogen and oxygen atoms in total. The second-order valence-electron chi connectivity index (χ2n) is 6.79. The van der Waals surface area contributed by atoms with Crippen LogP contribution in [0, 0.1) is 6.92 Å². The lowest BCUT2D eigenvalue weighted by Crippen LogP contribution is -2.12. The molecule has 0 aliphatic carbocycles. The minimum absolute atomic E-state index is 0.299. The number of hydrogen-bond donors (Lipinski definition) is 3. The minimum atomic E-state index is -0.299. The zero-order valence-electron chi connectivity index (χ0n) is 18.8. The molecule has 3 aromatic rings. The van der Waals surface area contributed by atoms with Crippen LogP contribution < -0.4 is 30.2 Å². The number of aromatic nitrogens is 2. The second kappa shape index (κ2) is 10.3. The maximum atomic E-state index is 12.8. The van der Waals surface area contributed by atoms with Gasteiger partial charge in [0.1, 0.15) is 17.5 Å². The SMILES string of the molecule is CCNc1cc(Nc2ccc(NC(=O)c3cc(OC)c(OC)c(OC)c3)cc2)nc(C)n1. The molecule has 1 heterocycles. The Bertz CT molecular complexity index is 1060. The first-order valence-corrected chi connectivity index (χ1v) is 10.0. The molecule has 3 N–H and O–H groups in total. The molecule has 0 radical (unpaired) electrons. The van der Waals surface area contributed by atoms with Crippen molar-refractivity contribution in [3.63, 3.8) is 0 Å². The number of anilines is 4. The van der Waals surface area contributed by atoms with E-state index in [-0.39, 0.29) is 5.91 Å². The van der Waals surface area contributed by atoms with E-state index in [9.17, 15) is 4.79 Å². The lowest BCUT2D eigenvalue weighted by molar-refractivity contribution is 0.102. The Hall–Kier alpha value is -4.01. The van der Waals surface area contributed by atoms with Crippen molar-refractivity contribution in [2.24, 2.45) is 0 Å². The Morgan fingerprint density at radius 3 is 2.03 bits per heavy atom. The molecule has 0 bridgehead atoms. The summed E-state index contributed by atoms with van der Waals surface area (Å²) in [5.74, 6) is 3.06. The maximum Gasteiger partial charge on any atom is 0.255 e. The van der Waals surface area contributed by atoms with Crippen LogP contribution in [0.5, 0.6) is 17.2 Å². The Balaban J connectivity index is 1.73. The van der Waals surface area contributed by atoms with Crippen molar-refractivity contribution in [3.05, 3.63) is 53.9 Å². The molecule has 9 heteroatoms. The molecule has 0 fully saturated rings. The van der Waals surface area contributed by atoms with Crippen molar-refractivity contribution in [1.82, 2.24) is 9.97 Å². The lowest BCUT2D eigenvalue weighted by atomic mass is 10.1. The number of nitrogens with zero attached hydrogens (tertiary/aromatic N) is 2. The zero-order valence-corrected chi connectivity index (χ0v) is 18.8. The number of rotatable bonds is 9. The van der Waals surface area contributed by atoms with Crippen LogP contribution in [0.4, 0.5) is 23.0 Å². The summed E-state index contributed by atoms with van der Waals surface area (Å²) in [6.45, 7) is 4.62. The maximum absolute atomic E-state index is 12.8. The van der Waals surface area contributed by atoms with Gasteiger partial charge in [0.25, 0.3) is 5.91 Å². The molecule has 0 unspecified atom stereocenters. The van der Waals surface area contributed by atoms with Gasteiger partial charge in [0.2, 0.25) is 5.75 Å². The van der Waals surface area contributed by atoms with Gasteiger partial charge >= 0.3 is 0 Å². The number of aryl methyl sites for hydroxylation is 1. The number of amides is 1. The minimum Gasteiger partial charge on any atom is -0.493 e. The second-order valence-corrected chi connectivity index (χ2v) is 6.79. The topological polar surface area (TPSA) is 107 Å². The highest BCUT2D eigenvalue weighted by Crippen LogP contribution is 2.38. The molecule has 0 aliphatic rings. The molecular formula is C23H27N5O4. The standard InChI is InChI=1S/C23H27N5O4/c1-6-24-20-13-21(26-14(2)25-20)27-16-7-9-17(10-8-16)28-23(29)15-11-18(30-3)22(32-5)19(12-15)31-4/h7-13H,6H2,1-5H3,(H,28,29)(H2,24,25,26,27). The zero-order chi connectivity index (χ0) is 23.1. The van der Waals surface area contributed by atoms with Gasteiger partial charge in [0.15, 0.2) is 11.5 Å². The number of carbonyl (C=O) groups is 1. The highest BCUT2D eigenvalue weighted by Gasteiger charge is 2.17. The van der Waals surface area contributed by atoms with E-state index in [1.807, 2.05) is 32.0 Å². The van der Waals surface area contributed by atoms with Gasteiger partial charge in [-0.15, -0.1) is 0 Å². The van der Waals surface area contributed by atoms with Crippen LogP contribution in [0.25, 0.3) is 0 Å². The van der Waals surface area contributed by atoms with Crippen molar-refractivity contribution >= 4 is 28.9 Å². The lowest BCUT2D eigenvalue weighted by Gasteiger charge is -2.14. The third-order valence-electron chi connectivity index (χ3n) is 4.54. The van der Waals surface area contributed by atoms with Crippen LogP contribution in [0.1, 0.15) is 23.1 Å². The van der Waals surface area contributed by atoms with Gasteiger partial charge in [-0.3, -0.25) is 4.79 Å².